The summed E-state index contributed by atoms with van der Waals surface area (Å²) in [5.74, 6) is 1.18. The minimum atomic E-state index is 0.00499. The predicted octanol–water partition coefficient (Wildman–Crippen LogP) is 1.14. The topological polar surface area (TPSA) is 94.9 Å². The van der Waals surface area contributed by atoms with Gasteiger partial charge in [0, 0.05) is 37.0 Å². The number of ether oxygens (including phenoxy) is 2. The summed E-state index contributed by atoms with van der Waals surface area (Å²) >= 11 is 0. The number of hydrogen-bond donors (Lipinski definition) is 2. The third kappa shape index (κ3) is 3.65. The van der Waals surface area contributed by atoms with Crippen molar-refractivity contribution in [3.63, 3.8) is 0 Å². The van der Waals surface area contributed by atoms with Gasteiger partial charge >= 0.3 is 0 Å². The Labute approximate surface area is 122 Å². The molecule has 2 rings (SSSR count). The molecule has 1 aromatic carbocycles. The molecule has 0 aliphatic carbocycles. The number of nitrogens with two attached hydrogens (primary N) is 1. The Hall–Kier alpha value is -2.70. The number of hydrogen-bond acceptors (Lipinski definition) is 5. The highest BCUT2D eigenvalue weighted by molar-refractivity contribution is 5.97. The Morgan fingerprint density at radius 1 is 1.38 bits per heavy atom. The number of benzene rings is 1. The summed E-state index contributed by atoms with van der Waals surface area (Å²) in [7, 11) is 3.43. The van der Waals surface area contributed by atoms with Crippen molar-refractivity contribution in [1.82, 2.24) is 9.78 Å². The number of aryl methyl sites for hydroxylation is 1. The second-order valence-corrected chi connectivity index (χ2v) is 4.43. The molecule has 0 spiro atoms. The van der Waals surface area contributed by atoms with Gasteiger partial charge in [-0.3, -0.25) is 4.68 Å². The van der Waals surface area contributed by atoms with Crippen LogP contribution in [0.25, 0.3) is 0 Å². The van der Waals surface area contributed by atoms with Crippen molar-refractivity contribution in [2.75, 3.05) is 13.7 Å². The molecule has 0 aliphatic heterocycles. The van der Waals surface area contributed by atoms with Gasteiger partial charge in [-0.2, -0.15) is 5.10 Å². The Morgan fingerprint density at radius 3 is 2.76 bits per heavy atom. The molecular weight excluding hydrogens is 272 g/mol. The second-order valence-electron chi connectivity index (χ2n) is 4.43. The van der Waals surface area contributed by atoms with Crippen molar-refractivity contribution in [2.24, 2.45) is 17.9 Å². The van der Waals surface area contributed by atoms with Crippen LogP contribution in [0.5, 0.6) is 11.5 Å². The first kappa shape index (κ1) is 14.7. The SMILES string of the molecule is COc1cc(OCCc2ccnn2C)cc(/C(N)=N/O)c1. The van der Waals surface area contributed by atoms with E-state index < -0.39 is 0 Å². The average molecular weight is 290 g/mol. The smallest absolute Gasteiger partial charge is 0.170 e. The number of amidine groups is 1. The number of oxime groups is 1. The van der Waals surface area contributed by atoms with E-state index in [4.69, 9.17) is 20.4 Å². The Balaban J connectivity index is 2.07. The summed E-state index contributed by atoms with van der Waals surface area (Å²) in [6.07, 6.45) is 2.48. The fourth-order valence-electron chi connectivity index (χ4n) is 1.90. The van der Waals surface area contributed by atoms with Gasteiger partial charge in [0.05, 0.1) is 13.7 Å². The van der Waals surface area contributed by atoms with E-state index in [1.54, 1.807) is 36.2 Å². The molecule has 0 unspecified atom stereocenters. The van der Waals surface area contributed by atoms with E-state index in [2.05, 4.69) is 10.3 Å². The lowest BCUT2D eigenvalue weighted by Crippen LogP contribution is -2.13. The lowest BCUT2D eigenvalue weighted by atomic mass is 10.2. The standard InChI is InChI=1S/C14H18N4O3/c1-18-11(3-5-16-18)4-6-21-13-8-10(14(15)17-19)7-12(9-13)20-2/h3,5,7-9,19H,4,6H2,1-2H3,(H2,15,17). The van der Waals surface area contributed by atoms with Gasteiger partial charge in [0.25, 0.3) is 0 Å². The molecular formula is C14H18N4O3. The normalized spacial score (nSPS) is 11.4. The van der Waals surface area contributed by atoms with Crippen molar-refractivity contribution in [1.29, 1.82) is 0 Å². The molecule has 7 heteroatoms. The number of nitrogens with zero attached hydrogens (tertiary/aromatic N) is 3. The van der Waals surface area contributed by atoms with Crippen molar-refractivity contribution >= 4 is 5.84 Å². The van der Waals surface area contributed by atoms with Gasteiger partial charge < -0.3 is 20.4 Å². The molecule has 0 fully saturated rings. The lowest BCUT2D eigenvalue weighted by molar-refractivity contribution is 0.314. The van der Waals surface area contributed by atoms with Gasteiger partial charge in [-0.25, -0.2) is 0 Å². The number of methoxy groups -OCH3 is 1. The zero-order valence-electron chi connectivity index (χ0n) is 12.0. The maximum absolute atomic E-state index is 8.75. The fraction of sp³-hybridized carbons (Fsp3) is 0.286. The first-order valence-electron chi connectivity index (χ1n) is 6.40. The summed E-state index contributed by atoms with van der Waals surface area (Å²) in [6.45, 7) is 0.488. The molecule has 112 valence electrons. The quantitative estimate of drug-likeness (QED) is 0.360. The highest BCUT2D eigenvalue weighted by Crippen LogP contribution is 2.23. The van der Waals surface area contributed by atoms with Crippen LogP contribution in [0.4, 0.5) is 0 Å². The van der Waals surface area contributed by atoms with Gasteiger partial charge in [0.2, 0.25) is 0 Å². The van der Waals surface area contributed by atoms with Crippen LogP contribution >= 0.6 is 0 Å². The van der Waals surface area contributed by atoms with E-state index in [1.165, 1.54) is 0 Å². The molecule has 0 amide bonds. The Morgan fingerprint density at radius 2 is 2.14 bits per heavy atom. The molecule has 0 bridgehead atoms. The minimum absolute atomic E-state index is 0.00499. The lowest BCUT2D eigenvalue weighted by Gasteiger charge is -2.10. The van der Waals surface area contributed by atoms with Crippen LogP contribution < -0.4 is 15.2 Å². The maximum Gasteiger partial charge on any atom is 0.170 e. The van der Waals surface area contributed by atoms with Gasteiger partial charge in [-0.05, 0) is 18.2 Å². The second kappa shape index (κ2) is 6.65. The molecule has 1 heterocycles. The van der Waals surface area contributed by atoms with Crippen LogP contribution in [0.2, 0.25) is 0 Å². The van der Waals surface area contributed by atoms with Crippen molar-refractivity contribution in [3.05, 3.63) is 41.7 Å². The molecule has 3 N–H and O–H groups in total. The molecule has 1 aromatic heterocycles. The third-order valence-corrected chi connectivity index (χ3v) is 3.07. The first-order chi connectivity index (χ1) is 10.1. The molecule has 21 heavy (non-hydrogen) atoms. The summed E-state index contributed by atoms with van der Waals surface area (Å²) in [5, 5.41) is 15.8. The average Bonchev–Trinajstić information content (AvgIpc) is 2.91. The van der Waals surface area contributed by atoms with E-state index >= 15 is 0 Å². The van der Waals surface area contributed by atoms with Crippen LogP contribution in [0.3, 0.4) is 0 Å². The van der Waals surface area contributed by atoms with Gasteiger partial charge in [0.1, 0.15) is 11.5 Å². The Kier molecular flexibility index (Phi) is 4.65. The van der Waals surface area contributed by atoms with Crippen LogP contribution in [0, 0.1) is 0 Å². The summed E-state index contributed by atoms with van der Waals surface area (Å²) in [5.41, 5.74) is 7.20. The zero-order chi connectivity index (χ0) is 15.2. The fourth-order valence-corrected chi connectivity index (χ4v) is 1.90. The largest absolute Gasteiger partial charge is 0.497 e. The van der Waals surface area contributed by atoms with Gasteiger partial charge in [0.15, 0.2) is 5.84 Å². The van der Waals surface area contributed by atoms with E-state index in [1.807, 2.05) is 13.1 Å². The molecule has 0 saturated heterocycles. The van der Waals surface area contributed by atoms with E-state index in [0.29, 0.717) is 23.7 Å². The van der Waals surface area contributed by atoms with Gasteiger partial charge in [-0.15, -0.1) is 0 Å². The number of rotatable bonds is 6. The molecule has 0 atom stereocenters. The first-order valence-corrected chi connectivity index (χ1v) is 6.40. The van der Waals surface area contributed by atoms with E-state index in [0.717, 1.165) is 12.1 Å². The highest BCUT2D eigenvalue weighted by Gasteiger charge is 2.07. The molecule has 0 aliphatic rings. The monoisotopic (exact) mass is 290 g/mol. The predicted molar refractivity (Wildman–Crippen MR) is 77.9 cm³/mol. The third-order valence-electron chi connectivity index (χ3n) is 3.07. The molecule has 0 saturated carbocycles. The minimum Gasteiger partial charge on any atom is -0.497 e. The maximum atomic E-state index is 8.75. The van der Waals surface area contributed by atoms with Crippen LogP contribution in [-0.4, -0.2) is 34.5 Å². The zero-order valence-corrected chi connectivity index (χ0v) is 12.0. The van der Waals surface area contributed by atoms with Crippen molar-refractivity contribution < 1.29 is 14.7 Å². The van der Waals surface area contributed by atoms with Crippen LogP contribution in [0.1, 0.15) is 11.3 Å². The number of aromatic nitrogens is 2. The van der Waals surface area contributed by atoms with Crippen LogP contribution in [0.15, 0.2) is 35.6 Å². The Bertz CT molecular complexity index is 637. The van der Waals surface area contributed by atoms with E-state index in [-0.39, 0.29) is 5.84 Å². The summed E-state index contributed by atoms with van der Waals surface area (Å²) < 4.78 is 12.7. The highest BCUT2D eigenvalue weighted by atomic mass is 16.5. The molecule has 7 nitrogen and oxygen atoms in total. The summed E-state index contributed by atoms with van der Waals surface area (Å²) in [6, 6.07) is 7.05. The van der Waals surface area contributed by atoms with Crippen molar-refractivity contribution in [2.45, 2.75) is 6.42 Å². The van der Waals surface area contributed by atoms with Crippen LogP contribution in [-0.2, 0) is 13.5 Å². The van der Waals surface area contributed by atoms with Crippen molar-refractivity contribution in [3.8, 4) is 11.5 Å². The summed E-state index contributed by atoms with van der Waals surface area (Å²) in [4.78, 5) is 0. The van der Waals surface area contributed by atoms with E-state index in [9.17, 15) is 0 Å². The molecule has 2 aromatic rings. The van der Waals surface area contributed by atoms with Gasteiger partial charge in [-0.1, -0.05) is 5.16 Å². The molecule has 0 radical (unpaired) electrons.